The molecule has 2 amide bonds. The van der Waals surface area contributed by atoms with Crippen LogP contribution in [0.2, 0.25) is 0 Å². The van der Waals surface area contributed by atoms with Crippen LogP contribution in [0.5, 0.6) is 0 Å². The molecule has 0 aromatic carbocycles. The second-order valence-corrected chi connectivity index (χ2v) is 9.43. The van der Waals surface area contributed by atoms with Gasteiger partial charge in [-0.15, -0.1) is 11.3 Å². The maximum Gasteiger partial charge on any atom is 0.270 e. The Labute approximate surface area is 195 Å². The number of nitrogens with two attached hydrogens (primary N) is 1. The standard InChI is InChI=1S/C21H27N9O2S/c1-11(29-19(32)16-12(7-23-5)17(22)28-10-27-16)20-24-8-13(33-20)18(31)30-15-6-14(21(2,3)4)25-9-26-15/h6,8-11,23H,7H2,1-5H3,(H,29,32)(H2,22,27,28)(H,25,26,30,31). The summed E-state index contributed by atoms with van der Waals surface area (Å²) in [6.07, 6.45) is 4.14. The third-order valence-electron chi connectivity index (χ3n) is 4.69. The van der Waals surface area contributed by atoms with Crippen LogP contribution in [0.4, 0.5) is 11.6 Å². The molecule has 0 aliphatic rings. The summed E-state index contributed by atoms with van der Waals surface area (Å²) in [4.78, 5) is 46.5. The number of carbonyl (C=O) groups excluding carboxylic acids is 2. The molecule has 3 aromatic rings. The van der Waals surface area contributed by atoms with E-state index in [1.54, 1.807) is 20.0 Å². The van der Waals surface area contributed by atoms with Crippen molar-refractivity contribution in [2.75, 3.05) is 18.1 Å². The lowest BCUT2D eigenvalue weighted by atomic mass is 9.92. The molecule has 0 bridgehead atoms. The van der Waals surface area contributed by atoms with E-state index in [4.69, 9.17) is 5.73 Å². The summed E-state index contributed by atoms with van der Waals surface area (Å²) in [5.41, 5.74) is 7.24. The van der Waals surface area contributed by atoms with Gasteiger partial charge >= 0.3 is 0 Å². The van der Waals surface area contributed by atoms with Crippen molar-refractivity contribution in [1.29, 1.82) is 0 Å². The second-order valence-electron chi connectivity index (χ2n) is 8.37. The van der Waals surface area contributed by atoms with E-state index in [-0.39, 0.29) is 22.8 Å². The average Bonchev–Trinajstić information content (AvgIpc) is 3.25. The van der Waals surface area contributed by atoms with Crippen molar-refractivity contribution in [2.24, 2.45) is 0 Å². The fraction of sp³-hybridized carbons (Fsp3) is 0.381. The molecule has 174 valence electrons. The first-order chi connectivity index (χ1) is 15.6. The van der Waals surface area contributed by atoms with Crippen LogP contribution in [0.15, 0.2) is 24.9 Å². The number of carbonyl (C=O) groups is 2. The van der Waals surface area contributed by atoms with Gasteiger partial charge in [-0.25, -0.2) is 24.9 Å². The lowest BCUT2D eigenvalue weighted by Crippen LogP contribution is -2.29. The molecular weight excluding hydrogens is 442 g/mol. The summed E-state index contributed by atoms with van der Waals surface area (Å²) in [7, 11) is 1.74. The van der Waals surface area contributed by atoms with E-state index in [9.17, 15) is 9.59 Å². The van der Waals surface area contributed by atoms with Crippen LogP contribution in [0.25, 0.3) is 0 Å². The summed E-state index contributed by atoms with van der Waals surface area (Å²) < 4.78 is 0. The molecule has 0 aliphatic carbocycles. The molecule has 1 unspecified atom stereocenters. The molecule has 0 radical (unpaired) electrons. The van der Waals surface area contributed by atoms with Crippen molar-refractivity contribution in [3.8, 4) is 0 Å². The molecule has 0 saturated carbocycles. The number of anilines is 2. The molecule has 3 heterocycles. The summed E-state index contributed by atoms with van der Waals surface area (Å²) in [5.74, 6) is -0.0891. The van der Waals surface area contributed by atoms with Gasteiger partial charge in [0.15, 0.2) is 0 Å². The molecular formula is C21H27N9O2S. The highest BCUT2D eigenvalue weighted by Crippen LogP contribution is 2.24. The lowest BCUT2D eigenvalue weighted by molar-refractivity contribution is 0.0932. The number of hydrogen-bond donors (Lipinski definition) is 4. The van der Waals surface area contributed by atoms with E-state index >= 15 is 0 Å². The molecule has 12 heteroatoms. The van der Waals surface area contributed by atoms with Gasteiger partial charge in [0.25, 0.3) is 11.8 Å². The smallest absolute Gasteiger partial charge is 0.270 e. The minimum atomic E-state index is -0.450. The highest BCUT2D eigenvalue weighted by atomic mass is 32.1. The highest BCUT2D eigenvalue weighted by Gasteiger charge is 2.22. The van der Waals surface area contributed by atoms with E-state index in [0.29, 0.717) is 27.8 Å². The molecule has 0 aliphatic heterocycles. The number of hydrogen-bond acceptors (Lipinski definition) is 10. The summed E-state index contributed by atoms with van der Waals surface area (Å²) >= 11 is 1.18. The fourth-order valence-corrected chi connectivity index (χ4v) is 3.72. The van der Waals surface area contributed by atoms with Crippen LogP contribution in [0, 0.1) is 0 Å². The van der Waals surface area contributed by atoms with Crippen LogP contribution in [-0.2, 0) is 12.0 Å². The van der Waals surface area contributed by atoms with Gasteiger partial charge in [-0.1, -0.05) is 20.8 Å². The normalized spacial score (nSPS) is 12.3. The van der Waals surface area contributed by atoms with Crippen molar-refractivity contribution in [3.63, 3.8) is 0 Å². The molecule has 0 spiro atoms. The van der Waals surface area contributed by atoms with Gasteiger partial charge in [0.2, 0.25) is 0 Å². The third-order valence-corrected chi connectivity index (χ3v) is 5.87. The first-order valence-electron chi connectivity index (χ1n) is 10.2. The monoisotopic (exact) mass is 469 g/mol. The predicted octanol–water partition coefficient (Wildman–Crippen LogP) is 2.07. The van der Waals surface area contributed by atoms with Crippen molar-refractivity contribution >= 4 is 34.8 Å². The van der Waals surface area contributed by atoms with Crippen LogP contribution < -0.4 is 21.7 Å². The average molecular weight is 470 g/mol. The minimum absolute atomic E-state index is 0.172. The quantitative estimate of drug-likeness (QED) is 0.406. The zero-order valence-corrected chi connectivity index (χ0v) is 19.9. The molecule has 3 rings (SSSR count). The van der Waals surface area contributed by atoms with Gasteiger partial charge in [-0.3, -0.25) is 9.59 Å². The van der Waals surface area contributed by atoms with E-state index < -0.39 is 11.9 Å². The summed E-state index contributed by atoms with van der Waals surface area (Å²) in [5, 5.41) is 9.14. The van der Waals surface area contributed by atoms with Gasteiger partial charge in [0.1, 0.15) is 39.9 Å². The number of aromatic nitrogens is 5. The van der Waals surface area contributed by atoms with Gasteiger partial charge in [-0.2, -0.15) is 0 Å². The fourth-order valence-electron chi connectivity index (χ4n) is 2.91. The van der Waals surface area contributed by atoms with Crippen molar-refractivity contribution < 1.29 is 9.59 Å². The molecule has 0 saturated heterocycles. The number of nitrogens with one attached hydrogen (secondary N) is 3. The van der Waals surface area contributed by atoms with Gasteiger partial charge in [0.05, 0.1) is 17.9 Å². The SMILES string of the molecule is CNCc1c(N)ncnc1C(=O)NC(C)c1ncc(C(=O)Nc2cc(C(C)(C)C)ncn2)s1. The highest BCUT2D eigenvalue weighted by molar-refractivity contribution is 7.13. The Morgan fingerprint density at radius 3 is 2.52 bits per heavy atom. The molecule has 3 aromatic heterocycles. The Morgan fingerprint density at radius 2 is 1.82 bits per heavy atom. The number of amides is 2. The van der Waals surface area contributed by atoms with Crippen LogP contribution >= 0.6 is 11.3 Å². The number of thiazole rings is 1. The first kappa shape index (κ1) is 24.1. The zero-order valence-electron chi connectivity index (χ0n) is 19.1. The lowest BCUT2D eigenvalue weighted by Gasteiger charge is -2.17. The summed E-state index contributed by atoms with van der Waals surface area (Å²) in [6, 6.07) is 1.30. The maximum absolute atomic E-state index is 12.8. The first-order valence-corrected chi connectivity index (χ1v) is 11.1. The van der Waals surface area contributed by atoms with Gasteiger partial charge in [-0.05, 0) is 14.0 Å². The van der Waals surface area contributed by atoms with E-state index in [1.165, 1.54) is 30.2 Å². The number of rotatable bonds is 7. The largest absolute Gasteiger partial charge is 0.383 e. The molecule has 11 nitrogen and oxygen atoms in total. The maximum atomic E-state index is 12.8. The predicted molar refractivity (Wildman–Crippen MR) is 126 cm³/mol. The minimum Gasteiger partial charge on any atom is -0.383 e. The Balaban J connectivity index is 1.69. The zero-order chi connectivity index (χ0) is 24.2. The van der Waals surface area contributed by atoms with Crippen LogP contribution in [0.1, 0.15) is 70.2 Å². The van der Waals surface area contributed by atoms with Crippen molar-refractivity contribution in [2.45, 2.75) is 45.7 Å². The van der Waals surface area contributed by atoms with Crippen molar-refractivity contribution in [3.05, 3.63) is 51.8 Å². The Morgan fingerprint density at radius 1 is 1.09 bits per heavy atom. The van der Waals surface area contributed by atoms with Crippen LogP contribution in [-0.4, -0.2) is 43.8 Å². The van der Waals surface area contributed by atoms with Crippen LogP contribution in [0.3, 0.4) is 0 Å². The Bertz CT molecular complexity index is 1160. The Hall–Kier alpha value is -3.51. The number of nitrogens with zero attached hydrogens (tertiary/aromatic N) is 5. The molecule has 1 atom stereocenters. The van der Waals surface area contributed by atoms with Crippen molar-refractivity contribution in [1.82, 2.24) is 35.6 Å². The third kappa shape index (κ3) is 5.84. The Kier molecular flexibility index (Phi) is 7.29. The second kappa shape index (κ2) is 9.96. The summed E-state index contributed by atoms with van der Waals surface area (Å²) in [6.45, 7) is 8.23. The van der Waals surface area contributed by atoms with E-state index in [1.807, 2.05) is 20.8 Å². The van der Waals surface area contributed by atoms with Gasteiger partial charge < -0.3 is 21.7 Å². The molecule has 33 heavy (non-hydrogen) atoms. The molecule has 5 N–H and O–H groups in total. The molecule has 0 fully saturated rings. The topological polar surface area (TPSA) is 161 Å². The van der Waals surface area contributed by atoms with E-state index in [2.05, 4.69) is 40.9 Å². The van der Waals surface area contributed by atoms with Gasteiger partial charge in [0, 0.05) is 23.6 Å². The van der Waals surface area contributed by atoms with E-state index in [0.717, 1.165) is 5.69 Å². The number of nitrogen functional groups attached to an aromatic ring is 1.